The summed E-state index contributed by atoms with van der Waals surface area (Å²) in [5.41, 5.74) is 0. The maximum Gasteiger partial charge on any atom is 0.0603 e. The second kappa shape index (κ2) is 8.56. The summed E-state index contributed by atoms with van der Waals surface area (Å²) in [6.07, 6.45) is 13.1. The van der Waals surface area contributed by atoms with Crippen molar-refractivity contribution in [3.8, 4) is 0 Å². The van der Waals surface area contributed by atoms with Crippen molar-refractivity contribution >= 4 is 0 Å². The van der Waals surface area contributed by atoms with Crippen LogP contribution in [-0.2, 0) is 4.74 Å². The molecule has 2 aliphatic rings. The Labute approximate surface area is 133 Å². The summed E-state index contributed by atoms with van der Waals surface area (Å²) in [7, 11) is 0. The second-order valence-electron chi connectivity index (χ2n) is 7.91. The fraction of sp³-hybridized carbons (Fsp3) is 1.00. The molecule has 4 unspecified atom stereocenters. The second-order valence-corrected chi connectivity index (χ2v) is 7.91. The van der Waals surface area contributed by atoms with Crippen molar-refractivity contribution in [3.05, 3.63) is 0 Å². The summed E-state index contributed by atoms with van der Waals surface area (Å²) in [4.78, 5) is 0. The number of hydrogen-bond acceptors (Lipinski definition) is 1. The van der Waals surface area contributed by atoms with Crippen LogP contribution in [0.5, 0.6) is 0 Å². The van der Waals surface area contributed by atoms with Crippen LogP contribution in [0.15, 0.2) is 0 Å². The van der Waals surface area contributed by atoms with Crippen LogP contribution in [0.1, 0.15) is 85.5 Å². The van der Waals surface area contributed by atoms with Gasteiger partial charge in [0.1, 0.15) is 0 Å². The maximum atomic E-state index is 6.18. The van der Waals surface area contributed by atoms with E-state index in [1.165, 1.54) is 57.8 Å². The molecule has 124 valence electrons. The third kappa shape index (κ3) is 4.47. The molecule has 2 saturated carbocycles. The minimum Gasteiger partial charge on any atom is -0.378 e. The quantitative estimate of drug-likeness (QED) is 0.540. The Hall–Kier alpha value is -0.0400. The van der Waals surface area contributed by atoms with E-state index in [-0.39, 0.29) is 0 Å². The lowest BCUT2D eigenvalue weighted by atomic mass is 9.63. The van der Waals surface area contributed by atoms with Gasteiger partial charge in [0, 0.05) is 6.61 Å². The van der Waals surface area contributed by atoms with Crippen molar-refractivity contribution in [1.82, 2.24) is 0 Å². The summed E-state index contributed by atoms with van der Waals surface area (Å²) < 4.78 is 6.18. The van der Waals surface area contributed by atoms with E-state index in [9.17, 15) is 0 Å². The molecule has 0 spiro atoms. The first-order valence-electron chi connectivity index (χ1n) is 9.78. The third-order valence-corrected chi connectivity index (χ3v) is 6.78. The first-order chi connectivity index (χ1) is 10.2. The Kier molecular flexibility index (Phi) is 7.05. The number of rotatable bonds is 6. The Bertz CT molecular complexity index is 280. The van der Waals surface area contributed by atoms with E-state index in [0.29, 0.717) is 6.10 Å². The van der Waals surface area contributed by atoms with Crippen LogP contribution in [0.3, 0.4) is 0 Å². The van der Waals surface area contributed by atoms with Crippen molar-refractivity contribution in [3.63, 3.8) is 0 Å². The van der Waals surface area contributed by atoms with Crippen LogP contribution < -0.4 is 0 Å². The molecule has 0 bridgehead atoms. The SMILES string of the molecule is CCCCOC1CCC(C2CCC(CC)CC2)C(C)C1C. The molecule has 0 N–H and O–H groups in total. The molecule has 4 atom stereocenters. The standard InChI is InChI=1S/C20H38O/c1-5-7-14-21-20-13-12-19(15(3)16(20)4)18-10-8-17(6-2)9-11-18/h15-20H,5-14H2,1-4H3. The fourth-order valence-corrected chi connectivity index (χ4v) is 4.91. The molecular formula is C20H38O. The molecule has 2 aliphatic carbocycles. The highest BCUT2D eigenvalue weighted by Crippen LogP contribution is 2.45. The minimum atomic E-state index is 0.537. The third-order valence-electron chi connectivity index (χ3n) is 6.78. The molecule has 0 radical (unpaired) electrons. The molecule has 0 aromatic carbocycles. The van der Waals surface area contributed by atoms with Crippen molar-refractivity contribution in [2.75, 3.05) is 6.61 Å². The largest absolute Gasteiger partial charge is 0.378 e. The van der Waals surface area contributed by atoms with E-state index in [2.05, 4.69) is 27.7 Å². The van der Waals surface area contributed by atoms with E-state index in [4.69, 9.17) is 4.74 Å². The van der Waals surface area contributed by atoms with Crippen molar-refractivity contribution < 1.29 is 4.74 Å². The highest BCUT2D eigenvalue weighted by atomic mass is 16.5. The first-order valence-corrected chi connectivity index (χ1v) is 9.78. The molecule has 0 aromatic rings. The van der Waals surface area contributed by atoms with Crippen LogP contribution in [0.25, 0.3) is 0 Å². The number of ether oxygens (including phenoxy) is 1. The zero-order valence-corrected chi connectivity index (χ0v) is 14.9. The Morgan fingerprint density at radius 3 is 2.19 bits per heavy atom. The summed E-state index contributed by atoms with van der Waals surface area (Å²) in [5.74, 6) is 4.63. The summed E-state index contributed by atoms with van der Waals surface area (Å²) in [6.45, 7) is 10.6. The maximum absolute atomic E-state index is 6.18. The molecule has 0 aromatic heterocycles. The molecular weight excluding hydrogens is 256 g/mol. The molecule has 1 nitrogen and oxygen atoms in total. The molecule has 0 aliphatic heterocycles. The van der Waals surface area contributed by atoms with Crippen LogP contribution in [-0.4, -0.2) is 12.7 Å². The average Bonchev–Trinajstić information content (AvgIpc) is 2.52. The van der Waals surface area contributed by atoms with E-state index >= 15 is 0 Å². The van der Waals surface area contributed by atoms with Gasteiger partial charge in [-0.05, 0) is 61.7 Å². The van der Waals surface area contributed by atoms with Gasteiger partial charge in [0.15, 0.2) is 0 Å². The minimum absolute atomic E-state index is 0.537. The summed E-state index contributed by atoms with van der Waals surface area (Å²) in [5, 5.41) is 0. The smallest absolute Gasteiger partial charge is 0.0603 e. The summed E-state index contributed by atoms with van der Waals surface area (Å²) in [6, 6.07) is 0. The van der Waals surface area contributed by atoms with Gasteiger partial charge in [-0.25, -0.2) is 0 Å². The fourth-order valence-electron chi connectivity index (χ4n) is 4.91. The van der Waals surface area contributed by atoms with E-state index in [1.807, 2.05) is 0 Å². The van der Waals surface area contributed by atoms with Gasteiger partial charge in [-0.15, -0.1) is 0 Å². The monoisotopic (exact) mass is 294 g/mol. The van der Waals surface area contributed by atoms with Gasteiger partial charge < -0.3 is 4.74 Å². The van der Waals surface area contributed by atoms with Gasteiger partial charge >= 0.3 is 0 Å². The average molecular weight is 295 g/mol. The normalized spacial score (nSPS) is 41.1. The molecule has 0 saturated heterocycles. The van der Waals surface area contributed by atoms with Crippen LogP contribution in [0.4, 0.5) is 0 Å². The lowest BCUT2D eigenvalue weighted by Crippen LogP contribution is -2.40. The topological polar surface area (TPSA) is 9.23 Å². The molecule has 2 fully saturated rings. The van der Waals surface area contributed by atoms with Gasteiger partial charge in [0.25, 0.3) is 0 Å². The molecule has 0 amide bonds. The number of unbranched alkanes of at least 4 members (excludes halogenated alkanes) is 1. The molecule has 0 heterocycles. The van der Waals surface area contributed by atoms with E-state index in [1.54, 1.807) is 0 Å². The molecule has 2 rings (SSSR count). The van der Waals surface area contributed by atoms with Crippen molar-refractivity contribution in [1.29, 1.82) is 0 Å². The van der Waals surface area contributed by atoms with Gasteiger partial charge in [-0.3, -0.25) is 0 Å². The Balaban J connectivity index is 1.82. The summed E-state index contributed by atoms with van der Waals surface area (Å²) >= 11 is 0. The lowest BCUT2D eigenvalue weighted by molar-refractivity contribution is -0.0559. The first kappa shape index (κ1) is 17.3. The van der Waals surface area contributed by atoms with Crippen LogP contribution in [0, 0.1) is 29.6 Å². The van der Waals surface area contributed by atoms with Crippen molar-refractivity contribution in [2.24, 2.45) is 29.6 Å². The van der Waals surface area contributed by atoms with Gasteiger partial charge in [-0.2, -0.15) is 0 Å². The van der Waals surface area contributed by atoms with Crippen LogP contribution in [0.2, 0.25) is 0 Å². The van der Waals surface area contributed by atoms with Crippen molar-refractivity contribution in [2.45, 2.75) is 91.6 Å². The highest BCUT2D eigenvalue weighted by molar-refractivity contribution is 4.89. The predicted molar refractivity (Wildman–Crippen MR) is 91.4 cm³/mol. The Morgan fingerprint density at radius 1 is 0.857 bits per heavy atom. The van der Waals surface area contributed by atoms with E-state index in [0.717, 1.165) is 36.2 Å². The van der Waals surface area contributed by atoms with Gasteiger partial charge in [0.05, 0.1) is 6.10 Å². The van der Waals surface area contributed by atoms with Crippen LogP contribution >= 0.6 is 0 Å². The Morgan fingerprint density at radius 2 is 1.57 bits per heavy atom. The van der Waals surface area contributed by atoms with E-state index < -0.39 is 0 Å². The zero-order valence-electron chi connectivity index (χ0n) is 14.9. The molecule has 21 heavy (non-hydrogen) atoms. The highest BCUT2D eigenvalue weighted by Gasteiger charge is 2.39. The lowest BCUT2D eigenvalue weighted by Gasteiger charge is -2.45. The molecule has 1 heteroatoms. The number of hydrogen-bond donors (Lipinski definition) is 0. The predicted octanol–water partition coefficient (Wildman–Crippen LogP) is 6.07. The zero-order chi connectivity index (χ0) is 15.2. The van der Waals surface area contributed by atoms with Gasteiger partial charge in [-0.1, -0.05) is 53.4 Å². The van der Waals surface area contributed by atoms with Gasteiger partial charge in [0.2, 0.25) is 0 Å².